The van der Waals surface area contributed by atoms with Gasteiger partial charge in [-0.05, 0) is 55.8 Å². The molecule has 3 rings (SSSR count). The lowest BCUT2D eigenvalue weighted by Gasteiger charge is -2.26. The molecule has 0 saturated carbocycles. The minimum absolute atomic E-state index is 0.00164. The van der Waals surface area contributed by atoms with Crippen LogP contribution < -0.4 is 14.8 Å². The minimum atomic E-state index is -0.140. The van der Waals surface area contributed by atoms with E-state index in [0.29, 0.717) is 16.9 Å². The van der Waals surface area contributed by atoms with Crippen molar-refractivity contribution in [1.29, 1.82) is 0 Å². The number of hydrogen-bond donors (Lipinski definition) is 1. The number of hydrogen-bond acceptors (Lipinski definition) is 6. The number of methoxy groups -OCH3 is 1. The number of rotatable bonds is 9. The first kappa shape index (κ1) is 22.8. The maximum Gasteiger partial charge on any atom is 0.258 e. The zero-order valence-electron chi connectivity index (χ0n) is 17.8. The Morgan fingerprint density at radius 1 is 1.13 bits per heavy atom. The molecule has 0 aromatic heterocycles. The summed E-state index contributed by atoms with van der Waals surface area (Å²) < 4.78 is 11.7. The van der Waals surface area contributed by atoms with Gasteiger partial charge < -0.3 is 19.7 Å². The first-order valence-electron chi connectivity index (χ1n) is 10.1. The maximum atomic E-state index is 12.4. The van der Waals surface area contributed by atoms with Crippen LogP contribution in [0, 0.1) is 0 Å². The molecule has 1 N–H and O–H groups in total. The highest BCUT2D eigenvalue weighted by Crippen LogP contribution is 2.43. The molecular formula is C23H30N2O3S2. The van der Waals surface area contributed by atoms with Crippen LogP contribution in [0.3, 0.4) is 0 Å². The Morgan fingerprint density at radius 3 is 2.50 bits per heavy atom. The number of likely N-dealkylation sites (N-methyl/N-ethyl adjacent to an activating group) is 1. The summed E-state index contributed by atoms with van der Waals surface area (Å²) in [4.78, 5) is 14.4. The number of nitrogens with zero attached hydrogens (tertiary/aromatic N) is 1. The zero-order valence-corrected chi connectivity index (χ0v) is 19.4. The third-order valence-electron chi connectivity index (χ3n) is 4.96. The number of thioether (sulfide) groups is 2. The van der Waals surface area contributed by atoms with E-state index in [2.05, 4.69) is 22.3 Å². The largest absolute Gasteiger partial charge is 0.496 e. The SMILES string of the molecule is COc1ccccc1[C@@H](CNC(=O)COc1ccc(C2SCCCS2)cc1)N(C)C. The first-order chi connectivity index (χ1) is 14.6. The van der Waals surface area contributed by atoms with E-state index >= 15 is 0 Å². The van der Waals surface area contributed by atoms with Gasteiger partial charge in [0, 0.05) is 12.1 Å². The van der Waals surface area contributed by atoms with Gasteiger partial charge in [0.1, 0.15) is 11.5 Å². The van der Waals surface area contributed by atoms with Gasteiger partial charge in [0.15, 0.2) is 6.61 Å². The lowest BCUT2D eigenvalue weighted by Crippen LogP contribution is -2.37. The lowest BCUT2D eigenvalue weighted by molar-refractivity contribution is -0.123. The van der Waals surface area contributed by atoms with Crippen LogP contribution in [-0.2, 0) is 4.79 Å². The van der Waals surface area contributed by atoms with Gasteiger partial charge in [0.05, 0.1) is 17.7 Å². The molecule has 0 radical (unpaired) electrons. The summed E-state index contributed by atoms with van der Waals surface area (Å²) in [6, 6.07) is 16.0. The van der Waals surface area contributed by atoms with E-state index < -0.39 is 0 Å². The number of ether oxygens (including phenoxy) is 2. The summed E-state index contributed by atoms with van der Waals surface area (Å²) in [5.41, 5.74) is 2.35. The van der Waals surface area contributed by atoms with Gasteiger partial charge in [-0.1, -0.05) is 30.3 Å². The summed E-state index contributed by atoms with van der Waals surface area (Å²) in [5, 5.41) is 2.98. The van der Waals surface area contributed by atoms with Gasteiger partial charge in [0.25, 0.3) is 5.91 Å². The first-order valence-corrected chi connectivity index (χ1v) is 12.2. The highest BCUT2D eigenvalue weighted by atomic mass is 32.2. The maximum absolute atomic E-state index is 12.4. The molecule has 7 heteroatoms. The number of nitrogens with one attached hydrogen (secondary N) is 1. The Hall–Kier alpha value is -1.83. The second-order valence-corrected chi connectivity index (χ2v) is 10.0. The van der Waals surface area contributed by atoms with Crippen LogP contribution >= 0.6 is 23.5 Å². The van der Waals surface area contributed by atoms with Gasteiger partial charge in [0.2, 0.25) is 0 Å². The monoisotopic (exact) mass is 446 g/mol. The fourth-order valence-electron chi connectivity index (χ4n) is 3.32. The molecule has 1 aliphatic heterocycles. The predicted octanol–water partition coefficient (Wildman–Crippen LogP) is 4.36. The van der Waals surface area contributed by atoms with Crippen molar-refractivity contribution in [2.24, 2.45) is 0 Å². The Kier molecular flexibility index (Phi) is 8.78. The van der Waals surface area contributed by atoms with Crippen LogP contribution in [-0.4, -0.2) is 56.7 Å². The van der Waals surface area contributed by atoms with Crippen molar-refractivity contribution in [1.82, 2.24) is 10.2 Å². The molecule has 0 bridgehead atoms. The van der Waals surface area contributed by atoms with Crippen molar-refractivity contribution in [2.75, 3.05) is 45.9 Å². The Morgan fingerprint density at radius 2 is 1.83 bits per heavy atom. The fraction of sp³-hybridized carbons (Fsp3) is 0.435. The standard InChI is InChI=1S/C23H30N2O3S2/c1-25(2)20(19-7-4-5-8-21(19)27-3)15-24-22(26)16-28-18-11-9-17(10-12-18)23-29-13-6-14-30-23/h4-5,7-12,20,23H,6,13-16H2,1-3H3,(H,24,26)/t20-/m1/s1. The molecule has 5 nitrogen and oxygen atoms in total. The van der Waals surface area contributed by atoms with E-state index in [-0.39, 0.29) is 18.6 Å². The van der Waals surface area contributed by atoms with E-state index in [0.717, 1.165) is 11.3 Å². The Labute approximate surface area is 187 Å². The van der Waals surface area contributed by atoms with Crippen molar-refractivity contribution < 1.29 is 14.3 Å². The van der Waals surface area contributed by atoms with E-state index in [9.17, 15) is 4.79 Å². The highest BCUT2D eigenvalue weighted by Gasteiger charge is 2.19. The summed E-state index contributed by atoms with van der Waals surface area (Å²) in [7, 11) is 5.64. The second-order valence-electron chi connectivity index (χ2n) is 7.31. The van der Waals surface area contributed by atoms with Crippen molar-refractivity contribution in [3.05, 3.63) is 59.7 Å². The molecule has 1 heterocycles. The van der Waals surface area contributed by atoms with E-state index in [1.807, 2.05) is 74.0 Å². The van der Waals surface area contributed by atoms with Crippen LogP contribution in [0.15, 0.2) is 48.5 Å². The molecule has 2 aromatic rings. The van der Waals surface area contributed by atoms with Gasteiger partial charge in [-0.2, -0.15) is 0 Å². The van der Waals surface area contributed by atoms with Gasteiger partial charge in [-0.3, -0.25) is 4.79 Å². The average molecular weight is 447 g/mol. The molecule has 0 aliphatic carbocycles. The van der Waals surface area contributed by atoms with Gasteiger partial charge in [-0.15, -0.1) is 23.5 Å². The number of carbonyl (C=O) groups is 1. The predicted molar refractivity (Wildman–Crippen MR) is 127 cm³/mol. The fourth-order valence-corrected chi connectivity index (χ4v) is 6.22. The van der Waals surface area contributed by atoms with Crippen molar-refractivity contribution in [2.45, 2.75) is 17.0 Å². The molecule has 1 fully saturated rings. The summed E-state index contributed by atoms with van der Waals surface area (Å²) in [5.74, 6) is 3.83. The molecule has 1 saturated heterocycles. The summed E-state index contributed by atoms with van der Waals surface area (Å²) >= 11 is 4.00. The molecular weight excluding hydrogens is 416 g/mol. The molecule has 0 unspecified atom stereocenters. The average Bonchev–Trinajstić information content (AvgIpc) is 2.79. The quantitative estimate of drug-likeness (QED) is 0.618. The normalized spacial score (nSPS) is 15.6. The number of amides is 1. The third kappa shape index (κ3) is 6.33. The summed E-state index contributed by atoms with van der Waals surface area (Å²) in [6.45, 7) is 0.475. The van der Waals surface area contributed by atoms with Gasteiger partial charge in [-0.25, -0.2) is 0 Å². The third-order valence-corrected chi connectivity index (χ3v) is 7.98. The van der Waals surface area contributed by atoms with Crippen LogP contribution in [0.25, 0.3) is 0 Å². The molecule has 2 aromatic carbocycles. The van der Waals surface area contributed by atoms with E-state index in [1.54, 1.807) is 7.11 Å². The van der Waals surface area contributed by atoms with Crippen LogP contribution in [0.5, 0.6) is 11.5 Å². The molecule has 1 amide bonds. The number of carbonyl (C=O) groups excluding carboxylic acids is 1. The lowest BCUT2D eigenvalue weighted by atomic mass is 10.0. The number of benzene rings is 2. The summed E-state index contributed by atoms with van der Waals surface area (Å²) in [6.07, 6.45) is 1.29. The van der Waals surface area contributed by atoms with Crippen molar-refractivity contribution >= 4 is 29.4 Å². The Bertz CT molecular complexity index is 808. The Balaban J connectivity index is 1.50. The topological polar surface area (TPSA) is 50.8 Å². The van der Waals surface area contributed by atoms with E-state index in [1.165, 1.54) is 23.5 Å². The van der Waals surface area contributed by atoms with E-state index in [4.69, 9.17) is 9.47 Å². The molecule has 0 spiro atoms. The highest BCUT2D eigenvalue weighted by molar-refractivity contribution is 8.16. The van der Waals surface area contributed by atoms with Crippen molar-refractivity contribution in [3.8, 4) is 11.5 Å². The van der Waals surface area contributed by atoms with Crippen LogP contribution in [0.2, 0.25) is 0 Å². The molecule has 1 aliphatic rings. The molecule has 30 heavy (non-hydrogen) atoms. The van der Waals surface area contributed by atoms with Crippen LogP contribution in [0.1, 0.15) is 28.2 Å². The zero-order chi connectivity index (χ0) is 21.3. The molecule has 1 atom stereocenters. The minimum Gasteiger partial charge on any atom is -0.496 e. The van der Waals surface area contributed by atoms with Crippen molar-refractivity contribution in [3.63, 3.8) is 0 Å². The second kappa shape index (κ2) is 11.5. The van der Waals surface area contributed by atoms with Crippen LogP contribution in [0.4, 0.5) is 0 Å². The number of para-hydroxylation sites is 1. The van der Waals surface area contributed by atoms with Gasteiger partial charge >= 0.3 is 0 Å². The molecule has 162 valence electrons. The smallest absolute Gasteiger partial charge is 0.258 e.